The number of hydrogen-bond donors (Lipinski definition) is 2. The topological polar surface area (TPSA) is 101 Å². The molecule has 2 N–H and O–H groups in total. The van der Waals surface area contributed by atoms with Crippen molar-refractivity contribution in [2.45, 2.75) is 32.8 Å². The Hall–Kier alpha value is -2.37. The van der Waals surface area contributed by atoms with Crippen molar-refractivity contribution < 1.29 is 29.3 Å². The van der Waals surface area contributed by atoms with E-state index >= 15 is 0 Å². The smallest absolute Gasteiger partial charge is 0.333 e. The molecular weight excluding hydrogens is 288 g/mol. The van der Waals surface area contributed by atoms with Gasteiger partial charge in [0.25, 0.3) is 0 Å². The van der Waals surface area contributed by atoms with Gasteiger partial charge in [0, 0.05) is 12.0 Å². The van der Waals surface area contributed by atoms with Crippen molar-refractivity contribution in [1.82, 2.24) is 0 Å². The van der Waals surface area contributed by atoms with E-state index in [9.17, 15) is 24.6 Å². The lowest BCUT2D eigenvalue weighted by Gasteiger charge is -2.34. The zero-order chi connectivity index (χ0) is 16.9. The van der Waals surface area contributed by atoms with E-state index in [1.807, 2.05) is 0 Å². The number of carboxylic acid groups (broad SMARTS) is 2. The average Bonchev–Trinajstić information content (AvgIpc) is 2.46. The summed E-state index contributed by atoms with van der Waals surface area (Å²) < 4.78 is 5.21. The number of ether oxygens (including phenoxy) is 1. The van der Waals surface area contributed by atoms with Crippen molar-refractivity contribution >= 4 is 17.9 Å². The van der Waals surface area contributed by atoms with Crippen molar-refractivity contribution in [3.05, 3.63) is 36.5 Å². The first kappa shape index (κ1) is 17.7. The van der Waals surface area contributed by atoms with Gasteiger partial charge >= 0.3 is 17.9 Å². The molecule has 1 rings (SSSR count). The zero-order valence-electron chi connectivity index (χ0n) is 12.6. The summed E-state index contributed by atoms with van der Waals surface area (Å²) in [6, 6.07) is 0. The van der Waals surface area contributed by atoms with Crippen LogP contribution in [0.15, 0.2) is 36.5 Å². The molecule has 0 aromatic heterocycles. The van der Waals surface area contributed by atoms with Crippen LogP contribution in [0.5, 0.6) is 0 Å². The highest BCUT2D eigenvalue weighted by Gasteiger charge is 2.49. The molecule has 0 bridgehead atoms. The van der Waals surface area contributed by atoms with Gasteiger partial charge in [-0.2, -0.15) is 0 Å². The van der Waals surface area contributed by atoms with E-state index in [4.69, 9.17) is 4.74 Å². The highest BCUT2D eigenvalue weighted by atomic mass is 16.5. The predicted molar refractivity (Wildman–Crippen MR) is 79.1 cm³/mol. The fourth-order valence-electron chi connectivity index (χ4n) is 2.37. The minimum atomic E-state index is -1.64. The Labute approximate surface area is 128 Å². The van der Waals surface area contributed by atoms with Crippen LogP contribution in [-0.4, -0.2) is 34.2 Å². The molecule has 120 valence electrons. The van der Waals surface area contributed by atoms with Crippen LogP contribution < -0.4 is 0 Å². The lowest BCUT2D eigenvalue weighted by atomic mass is 9.69. The van der Waals surface area contributed by atoms with E-state index in [1.165, 1.54) is 31.2 Å². The quantitative estimate of drug-likeness (QED) is 0.552. The Morgan fingerprint density at radius 3 is 2.41 bits per heavy atom. The zero-order valence-corrected chi connectivity index (χ0v) is 12.6. The van der Waals surface area contributed by atoms with Crippen LogP contribution in [0.1, 0.15) is 26.7 Å². The number of hydrogen-bond acceptors (Lipinski definition) is 4. The summed E-state index contributed by atoms with van der Waals surface area (Å²) >= 11 is 0. The number of carbonyl (C=O) groups excluding carboxylic acids is 1. The monoisotopic (exact) mass is 308 g/mol. The molecule has 0 aromatic rings. The highest BCUT2D eigenvalue weighted by molar-refractivity contribution is 5.88. The molecular formula is C16H20O6. The third kappa shape index (κ3) is 3.63. The van der Waals surface area contributed by atoms with Crippen LogP contribution in [0.4, 0.5) is 0 Å². The van der Waals surface area contributed by atoms with Gasteiger partial charge in [-0.05, 0) is 13.3 Å². The molecule has 6 nitrogen and oxygen atoms in total. The Morgan fingerprint density at radius 2 is 1.95 bits per heavy atom. The molecule has 1 aliphatic rings. The van der Waals surface area contributed by atoms with Gasteiger partial charge in [-0.1, -0.05) is 37.8 Å². The van der Waals surface area contributed by atoms with Gasteiger partial charge in [-0.15, -0.1) is 0 Å². The first-order valence-electron chi connectivity index (χ1n) is 6.93. The van der Waals surface area contributed by atoms with E-state index in [-0.39, 0.29) is 12.0 Å². The van der Waals surface area contributed by atoms with Crippen molar-refractivity contribution in [2.75, 3.05) is 0 Å². The summed E-state index contributed by atoms with van der Waals surface area (Å²) in [4.78, 5) is 34.8. The highest BCUT2D eigenvalue weighted by Crippen LogP contribution is 2.40. The number of aliphatic carboxylic acids is 2. The molecule has 0 fully saturated rings. The van der Waals surface area contributed by atoms with Gasteiger partial charge in [0.2, 0.25) is 0 Å². The first-order chi connectivity index (χ1) is 10.2. The molecule has 0 aromatic carbocycles. The Balaban J connectivity index is 3.09. The molecule has 0 saturated carbocycles. The number of rotatable bonds is 7. The Morgan fingerprint density at radius 1 is 1.32 bits per heavy atom. The minimum Gasteiger partial charge on any atom is -0.481 e. The summed E-state index contributed by atoms with van der Waals surface area (Å²) in [6.07, 6.45) is 5.24. The van der Waals surface area contributed by atoms with Crippen molar-refractivity contribution in [2.24, 2.45) is 11.3 Å². The molecule has 0 amide bonds. The number of carboxylic acids is 2. The molecule has 6 heteroatoms. The first-order valence-corrected chi connectivity index (χ1v) is 6.93. The molecule has 3 atom stereocenters. The maximum atomic E-state index is 11.8. The van der Waals surface area contributed by atoms with Crippen molar-refractivity contribution in [3.63, 3.8) is 0 Å². The Bertz CT molecular complexity index is 545. The van der Waals surface area contributed by atoms with Crippen LogP contribution in [0.2, 0.25) is 0 Å². The Kier molecular flexibility index (Phi) is 5.68. The summed E-state index contributed by atoms with van der Waals surface area (Å²) in [6.45, 7) is 6.71. The van der Waals surface area contributed by atoms with Crippen LogP contribution in [-0.2, 0) is 19.1 Å². The maximum Gasteiger partial charge on any atom is 0.333 e. The van der Waals surface area contributed by atoms with Crippen LogP contribution in [0, 0.1) is 11.3 Å². The molecule has 0 aliphatic heterocycles. The van der Waals surface area contributed by atoms with Gasteiger partial charge < -0.3 is 14.9 Å². The van der Waals surface area contributed by atoms with Gasteiger partial charge in [-0.3, -0.25) is 9.59 Å². The third-order valence-corrected chi connectivity index (χ3v) is 3.67. The van der Waals surface area contributed by atoms with Crippen LogP contribution in [0.3, 0.4) is 0 Å². The maximum absolute atomic E-state index is 11.8. The molecule has 0 heterocycles. The molecule has 0 radical (unpaired) electrons. The van der Waals surface area contributed by atoms with E-state index in [0.29, 0.717) is 6.42 Å². The SMILES string of the molecule is C=C(C)C(=O)OC(CC)CC1(C(=O)O)C=CC=CC1C(=O)O. The second kappa shape index (κ2) is 7.06. The van der Waals surface area contributed by atoms with Gasteiger partial charge in [-0.25, -0.2) is 4.79 Å². The summed E-state index contributed by atoms with van der Waals surface area (Å²) in [5.41, 5.74) is -1.44. The molecule has 22 heavy (non-hydrogen) atoms. The fourth-order valence-corrected chi connectivity index (χ4v) is 2.37. The largest absolute Gasteiger partial charge is 0.481 e. The summed E-state index contributed by atoms with van der Waals surface area (Å²) in [5.74, 6) is -4.32. The minimum absolute atomic E-state index is 0.115. The van der Waals surface area contributed by atoms with Crippen LogP contribution in [0.25, 0.3) is 0 Å². The lowest BCUT2D eigenvalue weighted by Crippen LogP contribution is -2.44. The molecule has 3 unspecified atom stereocenters. The second-order valence-electron chi connectivity index (χ2n) is 5.33. The van der Waals surface area contributed by atoms with Crippen molar-refractivity contribution in [1.29, 1.82) is 0 Å². The summed E-state index contributed by atoms with van der Waals surface area (Å²) in [5, 5.41) is 18.9. The number of esters is 1. The molecule has 0 saturated heterocycles. The normalized spacial score (nSPS) is 24.5. The predicted octanol–water partition coefficient (Wildman–Crippen LogP) is 2.17. The van der Waals surface area contributed by atoms with E-state index < -0.39 is 35.3 Å². The van der Waals surface area contributed by atoms with Gasteiger partial charge in [0.1, 0.15) is 11.5 Å². The average molecular weight is 308 g/mol. The fraction of sp³-hybridized carbons (Fsp3) is 0.438. The van der Waals surface area contributed by atoms with Gasteiger partial charge in [0.15, 0.2) is 0 Å². The van der Waals surface area contributed by atoms with Crippen molar-refractivity contribution in [3.8, 4) is 0 Å². The van der Waals surface area contributed by atoms with E-state index in [2.05, 4.69) is 6.58 Å². The van der Waals surface area contributed by atoms with E-state index in [0.717, 1.165) is 0 Å². The standard InChI is InChI=1S/C16H20O6/c1-4-11(22-14(19)10(2)3)9-16(15(20)21)8-6-5-7-12(16)13(17)18/h5-8,11-12H,2,4,9H2,1,3H3,(H,17,18)(H,20,21). The number of carbonyl (C=O) groups is 3. The second-order valence-corrected chi connectivity index (χ2v) is 5.33. The lowest BCUT2D eigenvalue weighted by molar-refractivity contribution is -0.161. The number of allylic oxidation sites excluding steroid dienone is 2. The third-order valence-electron chi connectivity index (χ3n) is 3.67. The van der Waals surface area contributed by atoms with Gasteiger partial charge in [0.05, 0.1) is 5.92 Å². The molecule has 1 aliphatic carbocycles. The van der Waals surface area contributed by atoms with E-state index in [1.54, 1.807) is 6.92 Å². The molecule has 0 spiro atoms. The summed E-state index contributed by atoms with van der Waals surface area (Å²) in [7, 11) is 0. The van der Waals surface area contributed by atoms with Crippen LogP contribution >= 0.6 is 0 Å².